The molecule has 0 saturated carbocycles. The Labute approximate surface area is 194 Å². The summed E-state index contributed by atoms with van der Waals surface area (Å²) in [5.74, 6) is 1.58. The van der Waals surface area contributed by atoms with Gasteiger partial charge in [0.1, 0.15) is 0 Å². The number of aryl methyl sites for hydroxylation is 1. The number of allylic oxidation sites excluding steroid dienone is 1. The third-order valence-corrected chi connectivity index (χ3v) is 6.00. The summed E-state index contributed by atoms with van der Waals surface area (Å²) in [5.41, 5.74) is 8.37. The van der Waals surface area contributed by atoms with Crippen LogP contribution in [-0.4, -0.2) is 14.0 Å². The molecule has 4 aromatic rings. The molecule has 6 nitrogen and oxygen atoms in total. The fraction of sp³-hybridized carbons (Fsp3) is 0.115. The summed E-state index contributed by atoms with van der Waals surface area (Å²) in [6.07, 6.45) is 0. The first kappa shape index (κ1) is 21.5. The van der Waals surface area contributed by atoms with E-state index in [1.54, 1.807) is 55.3 Å². The normalized spacial score (nSPS) is 14.8. The van der Waals surface area contributed by atoms with Crippen molar-refractivity contribution in [1.82, 2.24) is 0 Å². The molecular formula is C26H18BFN2O4. The zero-order chi connectivity index (χ0) is 24.0. The molecule has 0 bridgehead atoms. The number of ether oxygens (including phenoxy) is 2. The second-order valence-corrected chi connectivity index (χ2v) is 7.98. The molecule has 1 aliphatic heterocycles. The van der Waals surface area contributed by atoms with Gasteiger partial charge >= 0.3 is 195 Å². The number of fused-ring (bicyclic) bond motifs is 3. The molecule has 0 saturated heterocycles. The SMILES string of the molecule is COc1ccc(C2C(C#N)=C(N)Oc3c2c(=O)oc2ccccc32)cc1-c1cbc(F)c(C)c1. The number of nitrogens with two attached hydrogens (primary N) is 1. The van der Waals surface area contributed by atoms with E-state index in [0.717, 1.165) is 5.56 Å². The van der Waals surface area contributed by atoms with Crippen LogP contribution in [0.25, 0.3) is 22.1 Å². The number of benzene rings is 2. The van der Waals surface area contributed by atoms with Crippen molar-refractivity contribution in [2.45, 2.75) is 12.8 Å². The molecule has 2 aromatic carbocycles. The van der Waals surface area contributed by atoms with Crippen LogP contribution >= 0.6 is 0 Å². The first-order chi connectivity index (χ1) is 16.4. The summed E-state index contributed by atoms with van der Waals surface area (Å²) in [4.78, 5) is 13.1. The number of nitriles is 1. The van der Waals surface area contributed by atoms with Gasteiger partial charge in [0, 0.05) is 0 Å². The molecule has 0 fully saturated rings. The summed E-state index contributed by atoms with van der Waals surface area (Å²) >= 11 is 0. The average molecular weight is 452 g/mol. The van der Waals surface area contributed by atoms with Crippen molar-refractivity contribution in [3.63, 3.8) is 0 Å². The Kier molecular flexibility index (Phi) is 5.18. The predicted molar refractivity (Wildman–Crippen MR) is 126 cm³/mol. The Bertz CT molecular complexity index is 1600. The van der Waals surface area contributed by atoms with Crippen LogP contribution in [-0.2, 0) is 0 Å². The fourth-order valence-electron chi connectivity index (χ4n) is 4.34. The van der Waals surface area contributed by atoms with E-state index in [-0.39, 0.29) is 28.5 Å². The van der Waals surface area contributed by atoms with E-state index in [4.69, 9.17) is 19.6 Å². The summed E-state index contributed by atoms with van der Waals surface area (Å²) in [7, 11) is 1.54. The van der Waals surface area contributed by atoms with Gasteiger partial charge in [0.05, 0.1) is 0 Å². The third kappa shape index (κ3) is 3.34. The van der Waals surface area contributed by atoms with Crippen molar-refractivity contribution in [2.75, 3.05) is 7.11 Å². The van der Waals surface area contributed by atoms with Gasteiger partial charge in [0.2, 0.25) is 0 Å². The Balaban J connectivity index is 1.79. The quantitative estimate of drug-likeness (QED) is 0.461. The predicted octanol–water partition coefficient (Wildman–Crippen LogP) is 4.47. The number of nitrogens with zero attached hydrogens (tertiary/aromatic N) is 1. The third-order valence-electron chi connectivity index (χ3n) is 6.00. The molecular weight excluding hydrogens is 434 g/mol. The summed E-state index contributed by atoms with van der Waals surface area (Å²) in [6, 6.07) is 16.1. The standard InChI is InChI=1S/C26H18BFN2O4/c1-13-9-15(11-27-24(13)28)17-10-14(7-8-19(17)32-2)21-18(12-29)25(30)34-23-16-5-3-4-6-20(16)33-26(31)22(21)23/h3-11,21H,30H2,1-2H3. The van der Waals surface area contributed by atoms with Crippen LogP contribution in [0.4, 0.5) is 4.39 Å². The minimum atomic E-state index is -0.819. The van der Waals surface area contributed by atoms with Gasteiger partial charge in [-0.2, -0.15) is 0 Å². The van der Waals surface area contributed by atoms with Crippen LogP contribution in [0, 0.1) is 24.0 Å². The van der Waals surface area contributed by atoms with Gasteiger partial charge in [-0.05, 0) is 0 Å². The van der Waals surface area contributed by atoms with Crippen LogP contribution in [0.15, 0.2) is 75.2 Å². The molecule has 2 aromatic heterocycles. The van der Waals surface area contributed by atoms with E-state index in [1.807, 2.05) is 6.07 Å². The second-order valence-electron chi connectivity index (χ2n) is 7.98. The Morgan fingerprint density at radius 2 is 2.00 bits per heavy atom. The molecule has 1 unspecified atom stereocenters. The van der Waals surface area contributed by atoms with Crippen LogP contribution < -0.4 is 20.8 Å². The van der Waals surface area contributed by atoms with Crippen molar-refractivity contribution < 1.29 is 18.3 Å². The number of para-hydroxylation sites is 1. The van der Waals surface area contributed by atoms with Gasteiger partial charge in [0.15, 0.2) is 0 Å². The van der Waals surface area contributed by atoms with Crippen molar-refractivity contribution >= 4 is 17.9 Å². The monoisotopic (exact) mass is 452 g/mol. The number of rotatable bonds is 3. The van der Waals surface area contributed by atoms with E-state index in [1.165, 1.54) is 14.0 Å². The molecule has 2 N–H and O–H groups in total. The van der Waals surface area contributed by atoms with E-state index in [2.05, 4.69) is 6.07 Å². The maximum absolute atomic E-state index is 13.9. The summed E-state index contributed by atoms with van der Waals surface area (Å²) in [5, 5.41) is 10.5. The van der Waals surface area contributed by atoms with Crippen LogP contribution in [0.5, 0.6) is 11.5 Å². The molecule has 166 valence electrons. The van der Waals surface area contributed by atoms with Crippen molar-refractivity contribution in [1.29, 1.82) is 5.26 Å². The van der Waals surface area contributed by atoms with E-state index in [0.29, 0.717) is 33.4 Å². The number of hydrogen-bond donors (Lipinski definition) is 1. The summed E-state index contributed by atoms with van der Waals surface area (Å²) < 4.78 is 30.8. The minimum absolute atomic E-state index is 0.0780. The van der Waals surface area contributed by atoms with E-state index < -0.39 is 11.5 Å². The number of hydrogen-bond acceptors (Lipinski definition) is 6. The molecule has 0 spiro atoms. The van der Waals surface area contributed by atoms with Crippen LogP contribution in [0.2, 0.25) is 0 Å². The second kappa shape index (κ2) is 8.20. The molecule has 8 heteroatoms. The molecule has 1 atom stereocenters. The van der Waals surface area contributed by atoms with Gasteiger partial charge in [-0.15, -0.1) is 0 Å². The van der Waals surface area contributed by atoms with Crippen molar-refractivity contribution in [3.05, 3.63) is 98.8 Å². The topological polar surface area (TPSA) is 98.5 Å². The van der Waals surface area contributed by atoms with Gasteiger partial charge < -0.3 is 0 Å². The molecule has 0 radical (unpaired) electrons. The molecule has 3 heterocycles. The van der Waals surface area contributed by atoms with Crippen molar-refractivity contribution in [2.24, 2.45) is 5.73 Å². The molecule has 1 aliphatic rings. The molecule has 34 heavy (non-hydrogen) atoms. The molecule has 0 aliphatic carbocycles. The van der Waals surface area contributed by atoms with Crippen LogP contribution in [0.3, 0.4) is 0 Å². The maximum atomic E-state index is 13.9. The Morgan fingerprint density at radius 1 is 1.21 bits per heavy atom. The van der Waals surface area contributed by atoms with Gasteiger partial charge in [-0.25, -0.2) is 0 Å². The zero-order valence-electron chi connectivity index (χ0n) is 18.4. The number of halogens is 1. The Morgan fingerprint density at radius 3 is 2.74 bits per heavy atom. The van der Waals surface area contributed by atoms with Gasteiger partial charge in [-0.1, -0.05) is 0 Å². The molecule has 5 rings (SSSR count). The van der Waals surface area contributed by atoms with E-state index in [9.17, 15) is 14.4 Å². The van der Waals surface area contributed by atoms with Crippen LogP contribution in [0.1, 0.15) is 22.6 Å². The Hall–Kier alpha value is -4.38. The summed E-state index contributed by atoms with van der Waals surface area (Å²) in [6.45, 7) is 3.07. The fourth-order valence-corrected chi connectivity index (χ4v) is 4.34. The molecule has 0 amide bonds. The first-order valence-corrected chi connectivity index (χ1v) is 10.5. The van der Waals surface area contributed by atoms with Crippen molar-refractivity contribution in [3.8, 4) is 28.7 Å². The average Bonchev–Trinajstić information content (AvgIpc) is 2.84. The van der Waals surface area contributed by atoms with Gasteiger partial charge in [-0.3, -0.25) is 0 Å². The number of methoxy groups -OCH3 is 1. The van der Waals surface area contributed by atoms with E-state index >= 15 is 0 Å². The first-order valence-electron chi connectivity index (χ1n) is 10.5. The van der Waals surface area contributed by atoms with Gasteiger partial charge in [0.25, 0.3) is 0 Å². The zero-order valence-corrected chi connectivity index (χ0v) is 18.4.